The van der Waals surface area contributed by atoms with Crippen molar-refractivity contribution in [2.75, 3.05) is 30.6 Å². The van der Waals surface area contributed by atoms with Crippen LogP contribution in [-0.4, -0.2) is 45.7 Å². The van der Waals surface area contributed by atoms with Gasteiger partial charge in [0.2, 0.25) is 0 Å². The summed E-state index contributed by atoms with van der Waals surface area (Å²) in [5.74, 6) is 1.74. The first-order valence-electron chi connectivity index (χ1n) is 5.28. The highest BCUT2D eigenvalue weighted by Crippen LogP contribution is 2.54. The summed E-state index contributed by atoms with van der Waals surface area (Å²) in [6.45, 7) is 0.187. The minimum absolute atomic E-state index is 0.0935. The first-order chi connectivity index (χ1) is 7.70. The van der Waals surface area contributed by atoms with Gasteiger partial charge in [0.1, 0.15) is 0 Å². The lowest BCUT2D eigenvalue weighted by atomic mass is 10.2. The summed E-state index contributed by atoms with van der Waals surface area (Å²) in [7, 11) is -1.34. The van der Waals surface area contributed by atoms with Crippen LogP contribution in [0.3, 0.4) is 0 Å². The maximum absolute atomic E-state index is 9.17. The lowest BCUT2D eigenvalue weighted by Crippen LogP contribution is -2.27. The first kappa shape index (κ1) is 13.9. The molecule has 0 aliphatic heterocycles. The van der Waals surface area contributed by atoms with E-state index in [1.54, 1.807) is 0 Å². The van der Waals surface area contributed by atoms with Crippen molar-refractivity contribution in [2.45, 2.75) is 6.42 Å². The first-order valence-corrected chi connectivity index (χ1v) is 7.83. The quantitative estimate of drug-likeness (QED) is 0.622. The zero-order valence-corrected chi connectivity index (χ0v) is 10.9. The van der Waals surface area contributed by atoms with Crippen molar-refractivity contribution in [2.24, 2.45) is 5.73 Å². The van der Waals surface area contributed by atoms with Crippen LogP contribution in [-0.2, 0) is 0 Å². The molecule has 3 nitrogen and oxygen atoms in total. The van der Waals surface area contributed by atoms with Gasteiger partial charge in [-0.1, -0.05) is 24.4 Å². The normalized spacial score (nSPS) is 17.4. The minimum Gasteiger partial charge on any atom is -0.396 e. The Balaban J connectivity index is 3.02. The maximum Gasteiger partial charge on any atom is 0.0510 e. The Morgan fingerprint density at radius 1 is 1.31 bits per heavy atom. The number of allylic oxidation sites excluding steroid dienone is 4. The van der Waals surface area contributed by atoms with Crippen molar-refractivity contribution < 1.29 is 10.2 Å². The standard InChI is InChI=1S/C11H19NO2S2/c12-9-16(7-5-13,8-6-14)11-4-2-1-3-10(11)15/h1-2,4,13-14H,3,5-9,12H2. The summed E-state index contributed by atoms with van der Waals surface area (Å²) in [5, 5.41) is 18.3. The second kappa shape index (κ2) is 6.51. The molecule has 4 N–H and O–H groups in total. The van der Waals surface area contributed by atoms with Crippen LogP contribution in [0.4, 0.5) is 0 Å². The van der Waals surface area contributed by atoms with Crippen LogP contribution in [0.15, 0.2) is 23.1 Å². The van der Waals surface area contributed by atoms with Gasteiger partial charge < -0.3 is 15.9 Å². The van der Waals surface area contributed by atoms with Crippen molar-refractivity contribution in [1.29, 1.82) is 0 Å². The Morgan fingerprint density at radius 2 is 1.94 bits per heavy atom. The molecular formula is C11H19NO2S2. The van der Waals surface area contributed by atoms with Crippen molar-refractivity contribution in [3.63, 3.8) is 0 Å². The topological polar surface area (TPSA) is 66.5 Å². The molecule has 1 rings (SSSR count). The number of rotatable bonds is 6. The molecule has 0 heterocycles. The molecule has 16 heavy (non-hydrogen) atoms. The summed E-state index contributed by atoms with van der Waals surface area (Å²) in [6.07, 6.45) is 6.77. The Hall–Kier alpha value is -0.200. The van der Waals surface area contributed by atoms with Crippen LogP contribution in [0.2, 0.25) is 0 Å². The van der Waals surface area contributed by atoms with Gasteiger partial charge in [0.05, 0.1) is 13.2 Å². The van der Waals surface area contributed by atoms with E-state index in [1.807, 2.05) is 18.2 Å². The van der Waals surface area contributed by atoms with E-state index in [0.29, 0.717) is 17.4 Å². The van der Waals surface area contributed by atoms with E-state index in [2.05, 4.69) is 0 Å². The van der Waals surface area contributed by atoms with Gasteiger partial charge >= 0.3 is 0 Å². The lowest BCUT2D eigenvalue weighted by Gasteiger charge is -2.41. The molecule has 0 fully saturated rings. The lowest BCUT2D eigenvalue weighted by molar-refractivity contribution is 0.316. The van der Waals surface area contributed by atoms with Crippen LogP contribution < -0.4 is 5.73 Å². The molecule has 0 atom stereocenters. The number of thiocarbonyl (C=S) groups is 1. The predicted molar refractivity (Wildman–Crippen MR) is 75.0 cm³/mol. The highest BCUT2D eigenvalue weighted by atomic mass is 32.3. The van der Waals surface area contributed by atoms with E-state index in [9.17, 15) is 10.2 Å². The van der Waals surface area contributed by atoms with E-state index in [-0.39, 0.29) is 13.2 Å². The summed E-state index contributed by atoms with van der Waals surface area (Å²) < 4.78 is 0. The third kappa shape index (κ3) is 2.93. The number of nitrogens with two attached hydrogens (primary N) is 1. The van der Waals surface area contributed by atoms with Crippen LogP contribution in [0.1, 0.15) is 6.42 Å². The van der Waals surface area contributed by atoms with Gasteiger partial charge in [0.15, 0.2) is 0 Å². The molecule has 1 aliphatic carbocycles. The molecule has 5 heteroatoms. The SMILES string of the molecule is NCS(CCO)(CCO)C1=CC=CCC1=S. The van der Waals surface area contributed by atoms with E-state index in [0.717, 1.165) is 16.2 Å². The van der Waals surface area contributed by atoms with Gasteiger partial charge in [-0.25, -0.2) is 0 Å². The Kier molecular flexibility index (Phi) is 5.64. The maximum atomic E-state index is 9.17. The molecule has 0 unspecified atom stereocenters. The van der Waals surface area contributed by atoms with Crippen molar-refractivity contribution in [3.8, 4) is 0 Å². The number of aliphatic hydroxyl groups is 2. The van der Waals surface area contributed by atoms with Crippen molar-refractivity contribution >= 4 is 27.1 Å². The van der Waals surface area contributed by atoms with Crippen LogP contribution in [0.25, 0.3) is 0 Å². The van der Waals surface area contributed by atoms with Gasteiger partial charge in [0, 0.05) is 33.6 Å². The summed E-state index contributed by atoms with van der Waals surface area (Å²) >= 11 is 5.35. The molecular weight excluding hydrogens is 242 g/mol. The Bertz CT molecular complexity index is 307. The fourth-order valence-electron chi connectivity index (χ4n) is 1.84. The van der Waals surface area contributed by atoms with E-state index < -0.39 is 10.0 Å². The number of hydrogen-bond donors (Lipinski definition) is 3. The van der Waals surface area contributed by atoms with Gasteiger partial charge in [-0.2, -0.15) is 10.0 Å². The van der Waals surface area contributed by atoms with E-state index in [4.69, 9.17) is 18.0 Å². The molecule has 0 aromatic heterocycles. The van der Waals surface area contributed by atoms with Gasteiger partial charge in [-0.15, -0.1) is 0 Å². The number of aliphatic hydroxyl groups excluding tert-OH is 2. The van der Waals surface area contributed by atoms with Gasteiger partial charge in [-0.05, 0) is 6.08 Å². The fraction of sp³-hybridized carbons (Fsp3) is 0.545. The highest BCUT2D eigenvalue weighted by molar-refractivity contribution is 8.37. The average Bonchev–Trinajstić information content (AvgIpc) is 2.29. The Morgan fingerprint density at radius 3 is 2.38 bits per heavy atom. The van der Waals surface area contributed by atoms with Crippen LogP contribution in [0, 0.1) is 0 Å². The second-order valence-electron chi connectivity index (χ2n) is 3.65. The molecule has 0 amide bonds. The monoisotopic (exact) mass is 261 g/mol. The molecule has 0 radical (unpaired) electrons. The molecule has 92 valence electrons. The Labute approximate surface area is 103 Å². The third-order valence-corrected chi connectivity index (χ3v) is 7.11. The molecule has 1 aliphatic rings. The van der Waals surface area contributed by atoms with Crippen molar-refractivity contribution in [1.82, 2.24) is 0 Å². The predicted octanol–water partition coefficient (Wildman–Crippen LogP) is 0.906. The molecule has 0 spiro atoms. The number of hydrogen-bond acceptors (Lipinski definition) is 4. The van der Waals surface area contributed by atoms with E-state index >= 15 is 0 Å². The molecule has 0 bridgehead atoms. The molecule has 0 saturated carbocycles. The average molecular weight is 261 g/mol. The third-order valence-electron chi connectivity index (χ3n) is 2.71. The fourth-order valence-corrected chi connectivity index (χ4v) is 5.32. The zero-order valence-electron chi connectivity index (χ0n) is 9.26. The highest BCUT2D eigenvalue weighted by Gasteiger charge is 2.28. The molecule has 0 saturated heterocycles. The van der Waals surface area contributed by atoms with Crippen LogP contribution >= 0.6 is 22.2 Å². The largest absolute Gasteiger partial charge is 0.396 e. The second-order valence-corrected chi connectivity index (χ2v) is 7.83. The van der Waals surface area contributed by atoms with Crippen molar-refractivity contribution in [3.05, 3.63) is 23.1 Å². The zero-order chi connectivity index (χ0) is 12.0. The van der Waals surface area contributed by atoms with E-state index in [1.165, 1.54) is 0 Å². The van der Waals surface area contributed by atoms with Gasteiger partial charge in [0.25, 0.3) is 0 Å². The smallest absolute Gasteiger partial charge is 0.0510 e. The summed E-state index contributed by atoms with van der Waals surface area (Å²) in [6, 6.07) is 0. The van der Waals surface area contributed by atoms with Gasteiger partial charge in [-0.3, -0.25) is 0 Å². The minimum atomic E-state index is -1.34. The van der Waals surface area contributed by atoms with Crippen LogP contribution in [0.5, 0.6) is 0 Å². The molecule has 0 aromatic carbocycles. The molecule has 0 aromatic rings. The summed E-state index contributed by atoms with van der Waals surface area (Å²) in [4.78, 5) is 2.00. The summed E-state index contributed by atoms with van der Waals surface area (Å²) in [5.41, 5.74) is 5.86.